The first-order valence-corrected chi connectivity index (χ1v) is 9.55. The highest BCUT2D eigenvalue weighted by Gasteiger charge is 2.53. The van der Waals surface area contributed by atoms with Crippen LogP contribution in [0.15, 0.2) is 24.3 Å². The van der Waals surface area contributed by atoms with Crippen molar-refractivity contribution in [3.63, 3.8) is 0 Å². The van der Waals surface area contributed by atoms with E-state index in [9.17, 15) is 13.6 Å². The smallest absolute Gasteiger partial charge is 0.274 e. The number of carbonyl (C=O) groups is 1. The summed E-state index contributed by atoms with van der Waals surface area (Å²) in [4.78, 5) is 14.9. The molecule has 5 nitrogen and oxygen atoms in total. The van der Waals surface area contributed by atoms with Crippen LogP contribution in [0.4, 0.5) is 14.5 Å². The normalized spacial score (nSPS) is 24.3. The Labute approximate surface area is 157 Å². The topological polar surface area (TPSA) is 59.0 Å². The number of benzene rings is 1. The zero-order chi connectivity index (χ0) is 19.1. The van der Waals surface area contributed by atoms with Crippen molar-refractivity contribution >= 4 is 11.6 Å². The van der Waals surface area contributed by atoms with Gasteiger partial charge in [0.1, 0.15) is 6.61 Å². The first-order chi connectivity index (χ1) is 12.9. The predicted octanol–water partition coefficient (Wildman–Crippen LogP) is 2.90. The Hall–Kier alpha value is -1.57. The number of rotatable bonds is 4. The van der Waals surface area contributed by atoms with Crippen molar-refractivity contribution in [3.8, 4) is 0 Å². The van der Waals surface area contributed by atoms with Crippen molar-refractivity contribution in [3.05, 3.63) is 29.8 Å². The summed E-state index contributed by atoms with van der Waals surface area (Å²) >= 11 is 0. The number of ether oxygens (including phenoxy) is 2. The van der Waals surface area contributed by atoms with Crippen LogP contribution in [-0.2, 0) is 20.7 Å². The molecule has 2 spiro atoms. The first-order valence-electron chi connectivity index (χ1n) is 9.55. The average Bonchev–Trinajstić information content (AvgIpc) is 3.25. The third-order valence-corrected chi connectivity index (χ3v) is 6.24. The molecule has 0 unspecified atom stereocenters. The Balaban J connectivity index is 1.43. The number of amides is 1. The Morgan fingerprint density at radius 3 is 2.26 bits per heavy atom. The van der Waals surface area contributed by atoms with E-state index in [-0.39, 0.29) is 11.3 Å². The van der Waals surface area contributed by atoms with E-state index in [4.69, 9.17) is 14.6 Å². The Kier molecular flexibility index (Phi) is 4.72. The van der Waals surface area contributed by atoms with Crippen molar-refractivity contribution in [2.75, 3.05) is 31.3 Å². The molecule has 2 saturated heterocycles. The van der Waals surface area contributed by atoms with Gasteiger partial charge in [0.25, 0.3) is 5.92 Å². The molecular weight excluding hydrogens is 356 g/mol. The van der Waals surface area contributed by atoms with Gasteiger partial charge in [-0.15, -0.1) is 0 Å². The zero-order valence-corrected chi connectivity index (χ0v) is 15.3. The number of aliphatic hydroxyl groups is 1. The number of halogens is 2. The van der Waals surface area contributed by atoms with E-state index in [1.165, 1.54) is 0 Å². The third-order valence-electron chi connectivity index (χ3n) is 6.24. The lowest BCUT2D eigenvalue weighted by Crippen LogP contribution is -2.44. The van der Waals surface area contributed by atoms with Crippen LogP contribution in [0.3, 0.4) is 0 Å². The Morgan fingerprint density at radius 1 is 1.04 bits per heavy atom. The molecular formula is C20H25F2NO4. The zero-order valence-electron chi connectivity index (χ0n) is 15.3. The van der Waals surface area contributed by atoms with Gasteiger partial charge in [-0.05, 0) is 37.0 Å². The van der Waals surface area contributed by atoms with Crippen molar-refractivity contribution in [2.45, 2.75) is 50.2 Å². The van der Waals surface area contributed by atoms with E-state index in [0.29, 0.717) is 25.3 Å². The molecule has 1 N–H and O–H groups in total. The standard InChI is InChI=1S/C20H25F2NO4/c21-19(22,14-24)13-15-1-3-16(4-2-15)23-10-9-18(17(23)25)5-7-20(8-6-18)26-11-12-27-20/h1-4,24H,5-14H2. The van der Waals surface area contributed by atoms with E-state index in [2.05, 4.69) is 0 Å². The summed E-state index contributed by atoms with van der Waals surface area (Å²) < 4.78 is 38.2. The number of hydrogen-bond acceptors (Lipinski definition) is 4. The largest absolute Gasteiger partial charge is 0.390 e. The van der Waals surface area contributed by atoms with Crippen LogP contribution in [0.2, 0.25) is 0 Å². The molecule has 0 bridgehead atoms. The maximum atomic E-state index is 13.3. The number of nitrogens with zero attached hydrogens (tertiary/aromatic N) is 1. The van der Waals surface area contributed by atoms with Crippen molar-refractivity contribution < 1.29 is 28.2 Å². The van der Waals surface area contributed by atoms with Gasteiger partial charge in [-0.1, -0.05) is 12.1 Å². The molecule has 148 valence electrons. The summed E-state index contributed by atoms with van der Waals surface area (Å²) in [7, 11) is 0. The predicted molar refractivity (Wildman–Crippen MR) is 94.7 cm³/mol. The summed E-state index contributed by atoms with van der Waals surface area (Å²) in [6.45, 7) is 0.708. The molecule has 2 heterocycles. The summed E-state index contributed by atoms with van der Waals surface area (Å²) in [5.41, 5.74) is 0.819. The number of carbonyl (C=O) groups excluding carboxylic acids is 1. The van der Waals surface area contributed by atoms with Gasteiger partial charge in [-0.2, -0.15) is 0 Å². The van der Waals surface area contributed by atoms with Gasteiger partial charge in [-0.3, -0.25) is 4.79 Å². The summed E-state index contributed by atoms with van der Waals surface area (Å²) in [5.74, 6) is -3.50. The Morgan fingerprint density at radius 2 is 1.67 bits per heavy atom. The van der Waals surface area contributed by atoms with Gasteiger partial charge in [-0.25, -0.2) is 8.78 Å². The van der Waals surface area contributed by atoms with Crippen molar-refractivity contribution in [1.82, 2.24) is 0 Å². The second-order valence-corrected chi connectivity index (χ2v) is 7.95. The maximum absolute atomic E-state index is 13.3. The number of alkyl halides is 2. The molecule has 1 amide bonds. The molecule has 0 aromatic heterocycles. The SMILES string of the molecule is O=C1N(c2ccc(CC(F)(F)CO)cc2)CCC12CCC1(CC2)OCCO1. The van der Waals surface area contributed by atoms with Crippen LogP contribution in [0.5, 0.6) is 0 Å². The fraction of sp³-hybridized carbons (Fsp3) is 0.650. The fourth-order valence-electron chi connectivity index (χ4n) is 4.57. The molecule has 1 aliphatic carbocycles. The van der Waals surface area contributed by atoms with Crippen LogP contribution in [0, 0.1) is 5.41 Å². The van der Waals surface area contributed by atoms with E-state index >= 15 is 0 Å². The van der Waals surface area contributed by atoms with Gasteiger partial charge >= 0.3 is 0 Å². The number of aliphatic hydroxyl groups excluding tert-OH is 1. The first kappa shape index (κ1) is 18.8. The molecule has 1 aromatic carbocycles. The molecule has 7 heteroatoms. The lowest BCUT2D eigenvalue weighted by molar-refractivity contribution is -0.191. The third kappa shape index (κ3) is 3.48. The van der Waals surface area contributed by atoms with Gasteiger partial charge in [0, 0.05) is 31.5 Å². The van der Waals surface area contributed by atoms with Crippen LogP contribution in [0.25, 0.3) is 0 Å². The highest BCUT2D eigenvalue weighted by molar-refractivity contribution is 6.00. The van der Waals surface area contributed by atoms with Crippen LogP contribution in [0.1, 0.15) is 37.7 Å². The van der Waals surface area contributed by atoms with Crippen LogP contribution >= 0.6 is 0 Å². The molecule has 0 atom stereocenters. The molecule has 3 aliphatic rings. The molecule has 0 radical (unpaired) electrons. The van der Waals surface area contributed by atoms with Crippen LogP contribution in [-0.4, -0.2) is 49.1 Å². The summed E-state index contributed by atoms with van der Waals surface area (Å²) in [6.07, 6.45) is 3.27. The minimum absolute atomic E-state index is 0.115. The number of hydrogen-bond donors (Lipinski definition) is 1. The van der Waals surface area contributed by atoms with Gasteiger partial charge < -0.3 is 19.5 Å². The minimum Gasteiger partial charge on any atom is -0.390 e. The van der Waals surface area contributed by atoms with Crippen molar-refractivity contribution in [2.24, 2.45) is 5.41 Å². The lowest BCUT2D eigenvalue weighted by atomic mass is 9.71. The Bertz CT molecular complexity index is 690. The van der Waals surface area contributed by atoms with E-state index < -0.39 is 24.7 Å². The molecule has 3 fully saturated rings. The lowest BCUT2D eigenvalue weighted by Gasteiger charge is -2.40. The van der Waals surface area contributed by atoms with Gasteiger partial charge in [0.05, 0.1) is 18.6 Å². The average molecular weight is 381 g/mol. The highest BCUT2D eigenvalue weighted by atomic mass is 19.3. The van der Waals surface area contributed by atoms with Crippen LogP contribution < -0.4 is 4.90 Å². The molecule has 1 saturated carbocycles. The van der Waals surface area contributed by atoms with E-state index in [1.54, 1.807) is 29.2 Å². The van der Waals surface area contributed by atoms with Crippen molar-refractivity contribution in [1.29, 1.82) is 0 Å². The maximum Gasteiger partial charge on any atom is 0.274 e. The number of anilines is 1. The highest BCUT2D eigenvalue weighted by Crippen LogP contribution is 2.50. The molecule has 1 aromatic rings. The summed E-state index contributed by atoms with van der Waals surface area (Å²) in [5, 5.41) is 8.71. The molecule has 4 rings (SSSR count). The summed E-state index contributed by atoms with van der Waals surface area (Å²) in [6, 6.07) is 6.64. The molecule has 27 heavy (non-hydrogen) atoms. The van der Waals surface area contributed by atoms with E-state index in [0.717, 1.165) is 37.8 Å². The second kappa shape index (κ2) is 6.79. The molecule has 2 aliphatic heterocycles. The van der Waals surface area contributed by atoms with E-state index in [1.807, 2.05) is 0 Å². The second-order valence-electron chi connectivity index (χ2n) is 7.95. The fourth-order valence-corrected chi connectivity index (χ4v) is 4.57. The quantitative estimate of drug-likeness (QED) is 0.871. The minimum atomic E-state index is -3.13. The van der Waals surface area contributed by atoms with Gasteiger partial charge in [0.15, 0.2) is 5.79 Å². The monoisotopic (exact) mass is 381 g/mol. The van der Waals surface area contributed by atoms with Gasteiger partial charge in [0.2, 0.25) is 5.91 Å².